The molecule has 182 valence electrons. The van der Waals surface area contributed by atoms with Crippen molar-refractivity contribution in [3.63, 3.8) is 0 Å². The normalized spacial score (nSPS) is 27.7. The van der Waals surface area contributed by atoms with E-state index in [4.69, 9.17) is 4.74 Å². The van der Waals surface area contributed by atoms with Crippen LogP contribution in [-0.4, -0.2) is 49.3 Å². The number of aliphatic hydroxyl groups is 1. The molecule has 0 spiro atoms. The summed E-state index contributed by atoms with van der Waals surface area (Å²) in [6, 6.07) is 0. The third-order valence-corrected chi connectivity index (χ3v) is 8.00. The van der Waals surface area contributed by atoms with Crippen molar-refractivity contribution in [3.8, 4) is 0 Å². The molecule has 2 fully saturated rings. The molecule has 2 rings (SSSR count). The number of unbranched alkanes of at least 4 members (excludes halogenated alkanes) is 4. The minimum absolute atomic E-state index is 0.109. The van der Waals surface area contributed by atoms with Crippen LogP contribution in [0.3, 0.4) is 0 Å². The Kier molecular flexibility index (Phi) is 11.9. The highest BCUT2D eigenvalue weighted by Crippen LogP contribution is 2.55. The maximum atomic E-state index is 11.7. The van der Waals surface area contributed by atoms with Crippen LogP contribution in [0.25, 0.3) is 0 Å². The van der Waals surface area contributed by atoms with E-state index < -0.39 is 6.10 Å². The van der Waals surface area contributed by atoms with Crippen molar-refractivity contribution in [1.82, 2.24) is 4.90 Å². The fraction of sp³-hybridized carbons (Fsp3) is 0.963. The van der Waals surface area contributed by atoms with Gasteiger partial charge in [-0.1, -0.05) is 59.3 Å². The van der Waals surface area contributed by atoms with Gasteiger partial charge in [0.15, 0.2) is 0 Å². The van der Waals surface area contributed by atoms with E-state index in [0.717, 1.165) is 48.3 Å². The van der Waals surface area contributed by atoms with Crippen molar-refractivity contribution in [3.05, 3.63) is 0 Å². The number of esters is 1. The molecular formula is C27H51NO3. The van der Waals surface area contributed by atoms with Crippen LogP contribution in [-0.2, 0) is 9.53 Å². The number of carbonyl (C=O) groups excluding carboxylic acids is 1. The molecule has 31 heavy (non-hydrogen) atoms. The van der Waals surface area contributed by atoms with E-state index in [1.807, 2.05) is 19.0 Å². The summed E-state index contributed by atoms with van der Waals surface area (Å²) in [5.74, 6) is 5.81. The molecule has 0 heterocycles. The molecule has 4 heteroatoms. The second-order valence-electron chi connectivity index (χ2n) is 11.3. The fourth-order valence-electron chi connectivity index (χ4n) is 5.28. The van der Waals surface area contributed by atoms with E-state index >= 15 is 0 Å². The molecular weight excluding hydrogens is 386 g/mol. The summed E-state index contributed by atoms with van der Waals surface area (Å²) in [5, 5.41) is 9.71. The summed E-state index contributed by atoms with van der Waals surface area (Å²) in [5.41, 5.74) is 0. The van der Waals surface area contributed by atoms with Gasteiger partial charge in [-0.3, -0.25) is 4.79 Å². The molecule has 0 aromatic rings. The molecule has 0 aromatic carbocycles. The highest BCUT2D eigenvalue weighted by Gasteiger charge is 2.45. The van der Waals surface area contributed by atoms with E-state index in [0.29, 0.717) is 13.0 Å². The van der Waals surface area contributed by atoms with Crippen LogP contribution >= 0.6 is 0 Å². The quantitative estimate of drug-likeness (QED) is 0.214. The standard InChI is InChI=1S/C27H51NO3/c1-6-20(2)21(3)14-23-16-25(23)17-24-15-22(24)12-10-8-7-9-11-13-27(30)31-19-26(29)18-28(4)5/h20-26,29H,6-19H2,1-5H3. The first-order chi connectivity index (χ1) is 14.8. The lowest BCUT2D eigenvalue weighted by Crippen LogP contribution is -2.30. The van der Waals surface area contributed by atoms with E-state index in [1.165, 1.54) is 57.8 Å². The van der Waals surface area contributed by atoms with Gasteiger partial charge in [-0.05, 0) is 81.7 Å². The van der Waals surface area contributed by atoms with E-state index in [9.17, 15) is 9.90 Å². The van der Waals surface area contributed by atoms with Crippen LogP contribution in [0.4, 0.5) is 0 Å². The molecule has 1 N–H and O–H groups in total. The number of carbonyl (C=O) groups is 1. The fourth-order valence-corrected chi connectivity index (χ4v) is 5.28. The molecule has 0 radical (unpaired) electrons. The number of nitrogens with zero attached hydrogens (tertiary/aromatic N) is 1. The van der Waals surface area contributed by atoms with Crippen molar-refractivity contribution in [1.29, 1.82) is 0 Å². The molecule has 2 aliphatic rings. The van der Waals surface area contributed by atoms with E-state index in [2.05, 4.69) is 20.8 Å². The number of rotatable bonds is 18. The van der Waals surface area contributed by atoms with Gasteiger partial charge in [0.25, 0.3) is 0 Å². The first kappa shape index (κ1) is 26.6. The molecule has 7 atom stereocenters. The molecule has 0 aliphatic heterocycles. The first-order valence-corrected chi connectivity index (χ1v) is 13.3. The SMILES string of the molecule is CCC(C)C(C)CC1CC1CC1CC1CCCCCCCC(=O)OCC(O)CN(C)C. The monoisotopic (exact) mass is 437 g/mol. The lowest BCUT2D eigenvalue weighted by molar-refractivity contribution is -0.147. The molecule has 2 saturated carbocycles. The zero-order valence-corrected chi connectivity index (χ0v) is 21.2. The van der Waals surface area contributed by atoms with Gasteiger partial charge in [-0.15, -0.1) is 0 Å². The van der Waals surface area contributed by atoms with Gasteiger partial charge < -0.3 is 14.7 Å². The Morgan fingerprint density at radius 1 is 0.968 bits per heavy atom. The van der Waals surface area contributed by atoms with Crippen molar-refractivity contribution in [2.24, 2.45) is 35.5 Å². The Morgan fingerprint density at radius 2 is 1.61 bits per heavy atom. The third-order valence-electron chi connectivity index (χ3n) is 8.00. The summed E-state index contributed by atoms with van der Waals surface area (Å²) in [6.45, 7) is 7.84. The predicted molar refractivity (Wildman–Crippen MR) is 129 cm³/mol. The highest BCUT2D eigenvalue weighted by molar-refractivity contribution is 5.69. The Morgan fingerprint density at radius 3 is 2.32 bits per heavy atom. The molecule has 0 aromatic heterocycles. The van der Waals surface area contributed by atoms with Crippen molar-refractivity contribution in [2.45, 2.75) is 104 Å². The average Bonchev–Trinajstić information content (AvgIpc) is 3.63. The van der Waals surface area contributed by atoms with Gasteiger partial charge >= 0.3 is 5.97 Å². The molecule has 7 unspecified atom stereocenters. The minimum Gasteiger partial charge on any atom is -0.463 e. The summed E-state index contributed by atoms with van der Waals surface area (Å²) in [7, 11) is 3.79. The van der Waals surface area contributed by atoms with Gasteiger partial charge in [0.2, 0.25) is 0 Å². The van der Waals surface area contributed by atoms with Crippen molar-refractivity contribution < 1.29 is 14.6 Å². The van der Waals surface area contributed by atoms with Gasteiger partial charge in [0, 0.05) is 13.0 Å². The van der Waals surface area contributed by atoms with Gasteiger partial charge in [0.1, 0.15) is 12.7 Å². The summed E-state index contributed by atoms with van der Waals surface area (Å²) < 4.78 is 5.15. The smallest absolute Gasteiger partial charge is 0.305 e. The third kappa shape index (κ3) is 11.2. The van der Waals surface area contributed by atoms with Crippen LogP contribution in [0.5, 0.6) is 0 Å². The largest absolute Gasteiger partial charge is 0.463 e. The van der Waals surface area contributed by atoms with Crippen molar-refractivity contribution in [2.75, 3.05) is 27.2 Å². The van der Waals surface area contributed by atoms with Gasteiger partial charge in [-0.25, -0.2) is 0 Å². The second kappa shape index (κ2) is 13.8. The second-order valence-corrected chi connectivity index (χ2v) is 11.3. The van der Waals surface area contributed by atoms with Crippen LogP contribution in [0.1, 0.15) is 97.8 Å². The predicted octanol–water partition coefficient (Wildman–Crippen LogP) is 5.92. The molecule has 0 amide bonds. The van der Waals surface area contributed by atoms with Gasteiger partial charge in [0.05, 0.1) is 0 Å². The van der Waals surface area contributed by atoms with Crippen LogP contribution in [0, 0.1) is 35.5 Å². The Labute approximate surface area is 192 Å². The maximum absolute atomic E-state index is 11.7. The molecule has 0 bridgehead atoms. The van der Waals surface area contributed by atoms with Crippen molar-refractivity contribution >= 4 is 5.97 Å². The number of aliphatic hydroxyl groups excluding tert-OH is 1. The summed E-state index contributed by atoms with van der Waals surface area (Å²) >= 11 is 0. The van der Waals surface area contributed by atoms with Crippen LogP contribution < -0.4 is 0 Å². The molecule has 4 nitrogen and oxygen atoms in total. The number of hydrogen-bond donors (Lipinski definition) is 1. The summed E-state index contributed by atoms with van der Waals surface area (Å²) in [6.07, 6.45) is 14.6. The first-order valence-electron chi connectivity index (χ1n) is 13.3. The zero-order valence-electron chi connectivity index (χ0n) is 21.2. The highest BCUT2D eigenvalue weighted by atomic mass is 16.5. The topological polar surface area (TPSA) is 49.8 Å². The maximum Gasteiger partial charge on any atom is 0.305 e. The minimum atomic E-state index is -0.593. The van der Waals surface area contributed by atoms with E-state index in [1.54, 1.807) is 0 Å². The number of hydrogen-bond acceptors (Lipinski definition) is 4. The Bertz CT molecular complexity index is 509. The van der Waals surface area contributed by atoms with Crippen LogP contribution in [0.2, 0.25) is 0 Å². The van der Waals surface area contributed by atoms with Crippen LogP contribution in [0.15, 0.2) is 0 Å². The Balaban J connectivity index is 1.37. The lowest BCUT2D eigenvalue weighted by atomic mass is 9.88. The Hall–Kier alpha value is -0.610. The molecule has 0 saturated heterocycles. The number of likely N-dealkylation sites (N-methyl/N-ethyl adjacent to an activating group) is 1. The zero-order chi connectivity index (χ0) is 22.8. The van der Waals surface area contributed by atoms with E-state index in [-0.39, 0.29) is 12.6 Å². The molecule has 2 aliphatic carbocycles. The average molecular weight is 438 g/mol. The number of ether oxygens (including phenoxy) is 1. The summed E-state index contributed by atoms with van der Waals surface area (Å²) in [4.78, 5) is 13.6. The lowest BCUT2D eigenvalue weighted by Gasteiger charge is -2.18. The van der Waals surface area contributed by atoms with Gasteiger partial charge in [-0.2, -0.15) is 0 Å².